The summed E-state index contributed by atoms with van der Waals surface area (Å²) < 4.78 is 15.1. The molecule has 1 N–H and O–H groups in total. The second-order valence-corrected chi connectivity index (χ2v) is 7.04. The largest absolute Gasteiger partial charge is 0.465 e. The van der Waals surface area contributed by atoms with Crippen LogP contribution in [0.15, 0.2) is 60.0 Å². The summed E-state index contributed by atoms with van der Waals surface area (Å²) in [6, 6.07) is 6.85. The fourth-order valence-corrected chi connectivity index (χ4v) is 3.47. The maximum Gasteiger partial charge on any atom is 0.355 e. The van der Waals surface area contributed by atoms with Crippen molar-refractivity contribution < 1.29 is 28.6 Å². The van der Waals surface area contributed by atoms with Crippen LogP contribution in [0.25, 0.3) is 0 Å². The summed E-state index contributed by atoms with van der Waals surface area (Å²) in [6.45, 7) is 4.24. The van der Waals surface area contributed by atoms with Crippen molar-refractivity contribution >= 4 is 23.5 Å². The van der Waals surface area contributed by atoms with Crippen LogP contribution >= 0.6 is 0 Å². The van der Waals surface area contributed by atoms with E-state index in [0.717, 1.165) is 13.1 Å². The molecule has 32 heavy (non-hydrogen) atoms. The summed E-state index contributed by atoms with van der Waals surface area (Å²) >= 11 is 0. The predicted molar refractivity (Wildman–Crippen MR) is 118 cm³/mol. The second-order valence-electron chi connectivity index (χ2n) is 7.04. The number of rotatable bonds is 7. The number of hydrogen-bond acceptors (Lipinski definition) is 8. The van der Waals surface area contributed by atoms with Crippen molar-refractivity contribution in [1.29, 1.82) is 0 Å². The van der Waals surface area contributed by atoms with E-state index in [1.165, 1.54) is 25.2 Å². The van der Waals surface area contributed by atoms with Crippen molar-refractivity contribution in [2.24, 2.45) is 0 Å². The zero-order chi connectivity index (χ0) is 22.9. The van der Waals surface area contributed by atoms with Crippen molar-refractivity contribution in [1.82, 2.24) is 10.2 Å². The number of benzene rings is 1. The highest BCUT2D eigenvalue weighted by molar-refractivity contribution is 6.07. The van der Waals surface area contributed by atoms with Gasteiger partial charge in [-0.25, -0.2) is 9.59 Å². The number of ether oxygens (including phenoxy) is 3. The number of para-hydroxylation sites is 1. The number of carbonyl (C=O) groups excluding carboxylic acids is 3. The zero-order valence-electron chi connectivity index (χ0n) is 18.2. The molecule has 0 aromatic heterocycles. The number of allylic oxidation sites excluding steroid dienone is 2. The fraction of sp³-hybridized carbons (Fsp3) is 0.348. The topological polar surface area (TPSA) is 97.4 Å². The average Bonchev–Trinajstić information content (AvgIpc) is 3.06. The number of methoxy groups -OCH3 is 2. The van der Waals surface area contributed by atoms with Gasteiger partial charge in [0.2, 0.25) is 0 Å². The summed E-state index contributed by atoms with van der Waals surface area (Å²) in [7, 11) is 2.46. The summed E-state index contributed by atoms with van der Waals surface area (Å²) in [5.74, 6) is -1.71. The highest BCUT2D eigenvalue weighted by Gasteiger charge is 2.29. The average molecular weight is 441 g/mol. The van der Waals surface area contributed by atoms with Crippen LogP contribution in [0.3, 0.4) is 0 Å². The van der Waals surface area contributed by atoms with Gasteiger partial charge in [-0.05, 0) is 24.3 Å². The van der Waals surface area contributed by atoms with E-state index >= 15 is 0 Å². The Bertz CT molecular complexity index is 947. The highest BCUT2D eigenvalue weighted by atomic mass is 16.5. The number of esters is 2. The van der Waals surface area contributed by atoms with Gasteiger partial charge in [-0.2, -0.15) is 0 Å². The molecule has 0 saturated carbocycles. The SMILES string of the molecule is COC(=O)C1=C(C(=O)OC)N(c2ccccc2C(=O)NCCN2CCOCC2)C=CC=C1. The van der Waals surface area contributed by atoms with Crippen LogP contribution < -0.4 is 10.2 Å². The quantitative estimate of drug-likeness (QED) is 0.632. The van der Waals surface area contributed by atoms with E-state index in [1.54, 1.807) is 42.6 Å². The first-order chi connectivity index (χ1) is 15.6. The second kappa shape index (κ2) is 11.3. The molecule has 3 rings (SSSR count). The minimum absolute atomic E-state index is 0.0203. The van der Waals surface area contributed by atoms with E-state index in [9.17, 15) is 14.4 Å². The van der Waals surface area contributed by atoms with Crippen LogP contribution in [-0.2, 0) is 23.8 Å². The van der Waals surface area contributed by atoms with Gasteiger partial charge in [-0.3, -0.25) is 9.69 Å². The molecule has 0 bridgehead atoms. The first-order valence-corrected chi connectivity index (χ1v) is 10.3. The van der Waals surface area contributed by atoms with Gasteiger partial charge >= 0.3 is 11.9 Å². The molecule has 2 aliphatic heterocycles. The normalized spacial score (nSPS) is 16.5. The Morgan fingerprint density at radius 2 is 1.75 bits per heavy atom. The molecule has 1 amide bonds. The van der Waals surface area contributed by atoms with Crippen LogP contribution in [0.5, 0.6) is 0 Å². The number of carbonyl (C=O) groups is 3. The van der Waals surface area contributed by atoms with E-state index < -0.39 is 11.9 Å². The summed E-state index contributed by atoms with van der Waals surface area (Å²) in [5, 5.41) is 2.93. The molecule has 2 aliphatic rings. The lowest BCUT2D eigenvalue weighted by molar-refractivity contribution is -0.139. The van der Waals surface area contributed by atoms with Gasteiger partial charge in [0.05, 0.1) is 44.3 Å². The molecule has 1 aromatic carbocycles. The summed E-state index contributed by atoms with van der Waals surface area (Å²) in [4.78, 5) is 41.7. The minimum Gasteiger partial charge on any atom is -0.465 e. The third kappa shape index (κ3) is 5.43. The number of anilines is 1. The molecule has 0 radical (unpaired) electrons. The Morgan fingerprint density at radius 3 is 2.47 bits per heavy atom. The number of amides is 1. The number of hydrogen-bond donors (Lipinski definition) is 1. The van der Waals surface area contributed by atoms with Crippen molar-refractivity contribution in [3.8, 4) is 0 Å². The van der Waals surface area contributed by atoms with Gasteiger partial charge in [0, 0.05) is 32.4 Å². The lowest BCUT2D eigenvalue weighted by Gasteiger charge is -2.27. The molecule has 0 unspecified atom stereocenters. The van der Waals surface area contributed by atoms with Gasteiger partial charge in [0.25, 0.3) is 5.91 Å². The summed E-state index contributed by atoms with van der Waals surface area (Å²) in [6.07, 6.45) is 6.34. The number of nitrogens with zero attached hydrogens (tertiary/aromatic N) is 2. The molecule has 170 valence electrons. The van der Waals surface area contributed by atoms with Crippen molar-refractivity contribution in [3.05, 3.63) is 65.5 Å². The molecular formula is C23H27N3O6. The van der Waals surface area contributed by atoms with Crippen LogP contribution in [-0.4, -0.2) is 76.4 Å². The van der Waals surface area contributed by atoms with E-state index in [1.807, 2.05) is 0 Å². The van der Waals surface area contributed by atoms with Crippen LogP contribution in [0.1, 0.15) is 10.4 Å². The Balaban J connectivity index is 1.88. The third-order valence-corrected chi connectivity index (χ3v) is 5.11. The predicted octanol–water partition coefficient (Wildman–Crippen LogP) is 1.24. The Labute approximate surface area is 186 Å². The molecular weight excluding hydrogens is 414 g/mol. The van der Waals surface area contributed by atoms with Crippen LogP contribution in [0.2, 0.25) is 0 Å². The lowest BCUT2D eigenvalue weighted by Crippen LogP contribution is -2.41. The molecule has 9 nitrogen and oxygen atoms in total. The molecule has 0 aliphatic carbocycles. The number of morpholine rings is 1. The number of nitrogens with one attached hydrogen (secondary N) is 1. The van der Waals surface area contributed by atoms with Gasteiger partial charge in [0.15, 0.2) is 0 Å². The molecule has 1 fully saturated rings. The Hall–Kier alpha value is -3.43. The van der Waals surface area contributed by atoms with Gasteiger partial charge in [0.1, 0.15) is 5.70 Å². The van der Waals surface area contributed by atoms with E-state index in [4.69, 9.17) is 14.2 Å². The highest BCUT2D eigenvalue weighted by Crippen LogP contribution is 2.29. The molecule has 0 atom stereocenters. The van der Waals surface area contributed by atoms with E-state index in [2.05, 4.69) is 10.2 Å². The lowest BCUT2D eigenvalue weighted by atomic mass is 10.1. The minimum atomic E-state index is -0.732. The molecule has 9 heteroatoms. The first kappa shape index (κ1) is 23.2. The molecule has 0 spiro atoms. The van der Waals surface area contributed by atoms with Gasteiger partial charge in [-0.15, -0.1) is 0 Å². The van der Waals surface area contributed by atoms with E-state index in [0.29, 0.717) is 37.6 Å². The monoisotopic (exact) mass is 441 g/mol. The maximum atomic E-state index is 13.0. The van der Waals surface area contributed by atoms with Crippen molar-refractivity contribution in [2.75, 3.05) is 58.5 Å². The third-order valence-electron chi connectivity index (χ3n) is 5.11. The van der Waals surface area contributed by atoms with Gasteiger partial charge in [-0.1, -0.05) is 18.2 Å². The zero-order valence-corrected chi connectivity index (χ0v) is 18.2. The van der Waals surface area contributed by atoms with E-state index in [-0.39, 0.29) is 17.2 Å². The molecule has 1 saturated heterocycles. The van der Waals surface area contributed by atoms with Crippen LogP contribution in [0.4, 0.5) is 5.69 Å². The maximum absolute atomic E-state index is 13.0. The van der Waals surface area contributed by atoms with Gasteiger partial charge < -0.3 is 24.4 Å². The Kier molecular flexibility index (Phi) is 8.18. The van der Waals surface area contributed by atoms with Crippen LogP contribution in [0, 0.1) is 0 Å². The smallest absolute Gasteiger partial charge is 0.355 e. The van der Waals surface area contributed by atoms with Crippen molar-refractivity contribution in [3.63, 3.8) is 0 Å². The Morgan fingerprint density at radius 1 is 1.03 bits per heavy atom. The first-order valence-electron chi connectivity index (χ1n) is 10.3. The standard InChI is InChI=1S/C23H27N3O6/c1-30-22(28)18-8-5-6-11-26(20(18)23(29)31-2)19-9-4-3-7-17(19)21(27)24-10-12-25-13-15-32-16-14-25/h3-9,11H,10,12-16H2,1-2H3,(H,24,27). The fourth-order valence-electron chi connectivity index (χ4n) is 3.47. The molecule has 2 heterocycles. The van der Waals surface area contributed by atoms with Crippen molar-refractivity contribution in [2.45, 2.75) is 0 Å². The summed E-state index contributed by atoms with van der Waals surface area (Å²) in [5.41, 5.74) is 0.759. The molecule has 1 aromatic rings.